The van der Waals surface area contributed by atoms with Gasteiger partial charge in [0.15, 0.2) is 0 Å². The molecule has 0 aliphatic carbocycles. The number of amides is 2. The van der Waals surface area contributed by atoms with Crippen LogP contribution in [0.5, 0.6) is 0 Å². The van der Waals surface area contributed by atoms with Gasteiger partial charge in [-0.1, -0.05) is 0 Å². The predicted molar refractivity (Wildman–Crippen MR) is 230 cm³/mol. The molecule has 0 spiro atoms. The zero-order chi connectivity index (χ0) is 42.5. The molecule has 1 fully saturated rings. The summed E-state index contributed by atoms with van der Waals surface area (Å²) in [6.07, 6.45) is 2.99. The SMILES string of the molecule is C/C(=N/NC(=N)N)c1cc(NC(=O)c2cc(C(=O)Nc3cc(/C(C)=N\NC(=N)N)cc(/C(C)=N/NC(=N)N)c3)cc(N3CCCCC3)c2)cc(/C(C)=N\NC(=N)N)c1. The van der Waals surface area contributed by atoms with E-state index in [0.29, 0.717) is 62.2 Å². The summed E-state index contributed by atoms with van der Waals surface area (Å²) in [6, 6.07) is 15.3. The fourth-order valence-corrected chi connectivity index (χ4v) is 5.68. The van der Waals surface area contributed by atoms with Crippen LogP contribution < -0.4 is 60.2 Å². The topological polar surface area (TPSA) is 358 Å². The van der Waals surface area contributed by atoms with E-state index in [-0.39, 0.29) is 35.0 Å². The van der Waals surface area contributed by atoms with Crippen molar-refractivity contribution in [3.05, 3.63) is 88.0 Å². The maximum absolute atomic E-state index is 14.1. The van der Waals surface area contributed by atoms with Gasteiger partial charge in [-0.3, -0.25) is 31.2 Å². The predicted octanol–water partition coefficient (Wildman–Crippen LogP) is 2.01. The van der Waals surface area contributed by atoms with Gasteiger partial charge in [0.2, 0.25) is 23.8 Å². The van der Waals surface area contributed by atoms with Gasteiger partial charge >= 0.3 is 0 Å². The van der Waals surface area contributed by atoms with Gasteiger partial charge in [-0.05, 0) is 102 Å². The number of piperidine rings is 1. The minimum Gasteiger partial charge on any atom is -0.371 e. The van der Waals surface area contributed by atoms with Gasteiger partial charge in [0.05, 0.1) is 22.8 Å². The molecule has 0 unspecified atom stereocenters. The lowest BCUT2D eigenvalue weighted by Crippen LogP contribution is -2.30. The van der Waals surface area contributed by atoms with Crippen LogP contribution in [0.4, 0.5) is 17.1 Å². The Hall–Kier alpha value is -7.84. The first-order valence-corrected chi connectivity index (χ1v) is 17.9. The van der Waals surface area contributed by atoms with Crippen LogP contribution in [-0.2, 0) is 0 Å². The summed E-state index contributed by atoms with van der Waals surface area (Å²) in [7, 11) is 0. The highest BCUT2D eigenvalue weighted by molar-refractivity contribution is 6.12. The van der Waals surface area contributed by atoms with Crippen molar-refractivity contribution in [2.24, 2.45) is 43.3 Å². The van der Waals surface area contributed by atoms with Gasteiger partial charge in [0.25, 0.3) is 11.8 Å². The number of anilines is 3. The average molecular weight is 792 g/mol. The second-order valence-electron chi connectivity index (χ2n) is 13.2. The Morgan fingerprint density at radius 3 is 1.07 bits per heavy atom. The largest absolute Gasteiger partial charge is 0.371 e. The number of hydrazone groups is 4. The van der Waals surface area contributed by atoms with E-state index in [9.17, 15) is 9.59 Å². The third-order valence-electron chi connectivity index (χ3n) is 8.59. The molecule has 0 aromatic heterocycles. The summed E-state index contributed by atoms with van der Waals surface area (Å²) in [5.74, 6) is -2.42. The molecule has 1 aliphatic rings. The minimum absolute atomic E-state index is 0.221. The Labute approximate surface area is 334 Å². The van der Waals surface area contributed by atoms with Gasteiger partial charge in [0, 0.05) is 63.5 Å². The smallest absolute Gasteiger partial charge is 0.255 e. The van der Waals surface area contributed by atoms with Crippen molar-refractivity contribution in [3.63, 3.8) is 0 Å². The van der Waals surface area contributed by atoms with E-state index >= 15 is 0 Å². The highest BCUT2D eigenvalue weighted by Gasteiger charge is 2.20. The van der Waals surface area contributed by atoms with Gasteiger partial charge < -0.3 is 38.5 Å². The molecule has 58 heavy (non-hydrogen) atoms. The van der Waals surface area contributed by atoms with E-state index in [1.54, 1.807) is 76.2 Å². The first-order valence-electron chi connectivity index (χ1n) is 17.9. The molecule has 0 bridgehead atoms. The third-order valence-corrected chi connectivity index (χ3v) is 8.59. The van der Waals surface area contributed by atoms with E-state index in [1.165, 1.54) is 6.07 Å². The number of hydrogen-bond donors (Lipinski definition) is 14. The number of rotatable bonds is 13. The normalized spacial score (nSPS) is 13.6. The summed E-state index contributed by atoms with van der Waals surface area (Å²) in [6.45, 7) is 8.29. The molecule has 4 rings (SSSR count). The third kappa shape index (κ3) is 12.6. The van der Waals surface area contributed by atoms with Gasteiger partial charge in [-0.2, -0.15) is 20.4 Å². The van der Waals surface area contributed by atoms with Crippen molar-refractivity contribution in [1.29, 1.82) is 21.6 Å². The number of benzene rings is 3. The number of hydrogen-bond acceptors (Lipinski definition) is 11. The Morgan fingerprint density at radius 1 is 0.483 bits per heavy atom. The monoisotopic (exact) mass is 791 g/mol. The van der Waals surface area contributed by atoms with E-state index in [2.05, 4.69) is 57.6 Å². The van der Waals surface area contributed by atoms with Crippen molar-refractivity contribution in [2.45, 2.75) is 47.0 Å². The molecule has 18 N–H and O–H groups in total. The van der Waals surface area contributed by atoms with Crippen LogP contribution in [0, 0.1) is 21.6 Å². The van der Waals surface area contributed by atoms with Crippen molar-refractivity contribution in [1.82, 2.24) is 21.7 Å². The van der Waals surface area contributed by atoms with Crippen LogP contribution >= 0.6 is 0 Å². The molecule has 21 heteroatoms. The molecule has 1 heterocycles. The van der Waals surface area contributed by atoms with Crippen LogP contribution in [0.3, 0.4) is 0 Å². The maximum Gasteiger partial charge on any atom is 0.255 e. The molecular weight excluding hydrogens is 743 g/mol. The van der Waals surface area contributed by atoms with Crippen molar-refractivity contribution >= 4 is 75.6 Å². The number of carbonyl (C=O) groups excluding carboxylic acids is 2. The van der Waals surface area contributed by atoms with Crippen molar-refractivity contribution < 1.29 is 9.59 Å². The first-order chi connectivity index (χ1) is 27.5. The number of nitrogens with two attached hydrogens (primary N) is 4. The Balaban J connectivity index is 1.76. The molecule has 0 atom stereocenters. The summed E-state index contributed by atoms with van der Waals surface area (Å²) >= 11 is 0. The molecule has 2 amide bonds. The number of guanidine groups is 4. The van der Waals surface area contributed by atoms with E-state index < -0.39 is 11.8 Å². The first kappa shape index (κ1) is 42.9. The van der Waals surface area contributed by atoms with Crippen LogP contribution in [0.1, 0.15) is 89.9 Å². The van der Waals surface area contributed by atoms with Gasteiger partial charge in [0.1, 0.15) is 0 Å². The molecule has 0 radical (unpaired) electrons. The highest BCUT2D eigenvalue weighted by atomic mass is 16.2. The number of nitrogens with zero attached hydrogens (tertiary/aromatic N) is 5. The summed E-state index contributed by atoms with van der Waals surface area (Å²) in [5.41, 5.74) is 37.3. The molecule has 3 aromatic rings. The van der Waals surface area contributed by atoms with Crippen LogP contribution in [-0.4, -0.2) is 71.6 Å². The summed E-state index contributed by atoms with van der Waals surface area (Å²) in [5, 5.41) is 52.3. The lowest BCUT2D eigenvalue weighted by molar-refractivity contribution is 0.102. The van der Waals surface area contributed by atoms with Crippen molar-refractivity contribution in [2.75, 3.05) is 28.6 Å². The van der Waals surface area contributed by atoms with Crippen LogP contribution in [0.15, 0.2) is 75.0 Å². The summed E-state index contributed by atoms with van der Waals surface area (Å²) in [4.78, 5) is 30.4. The molecule has 21 nitrogen and oxygen atoms in total. The maximum atomic E-state index is 14.1. The van der Waals surface area contributed by atoms with Gasteiger partial charge in [-0.25, -0.2) is 21.7 Å². The molecule has 1 saturated heterocycles. The quantitative estimate of drug-likeness (QED) is 0.0674. The second kappa shape index (κ2) is 19.7. The van der Waals surface area contributed by atoms with E-state index in [1.807, 2.05) is 0 Å². The lowest BCUT2D eigenvalue weighted by atomic mass is 10.0. The zero-order valence-electron chi connectivity index (χ0n) is 32.6. The Morgan fingerprint density at radius 2 is 0.776 bits per heavy atom. The van der Waals surface area contributed by atoms with E-state index in [0.717, 1.165) is 32.4 Å². The van der Waals surface area contributed by atoms with Crippen LogP contribution in [0.25, 0.3) is 0 Å². The molecular formula is C37H49N19O2. The molecule has 1 aliphatic heterocycles. The van der Waals surface area contributed by atoms with Gasteiger partial charge in [-0.15, -0.1) is 0 Å². The lowest BCUT2D eigenvalue weighted by Gasteiger charge is -2.29. The van der Waals surface area contributed by atoms with Crippen molar-refractivity contribution in [3.8, 4) is 0 Å². The summed E-state index contributed by atoms with van der Waals surface area (Å²) < 4.78 is 0. The Bertz CT molecular complexity index is 1990. The fourth-order valence-electron chi connectivity index (χ4n) is 5.68. The second-order valence-corrected chi connectivity index (χ2v) is 13.2. The number of nitrogens with one attached hydrogen (secondary N) is 10. The molecule has 3 aromatic carbocycles. The standard InChI is InChI=1S/C37H49N19O2/c1-19(48-52-34(38)39)23-10-24(20(2)49-53-35(40)41)14-29(13-23)46-32(57)27-12-28(18-31(17-27)56-8-6-5-7-9-56)33(58)47-30-15-25(21(3)50-54-36(42)43)11-26(16-30)22(4)51-55-37(44)45/h10-18H,5-9H2,1-4H3,(H,46,57)(H,47,58)(H4,38,39,52)(H4,40,41,53)(H4,42,43,54)(H4,44,45,55)/b48-19-,49-20-,50-21-,51-22+. The Kier molecular flexibility index (Phi) is 14.5. The fraction of sp³-hybridized carbons (Fsp3) is 0.243. The molecule has 0 saturated carbocycles. The number of carbonyl (C=O) groups is 2. The zero-order valence-corrected chi connectivity index (χ0v) is 32.6. The average Bonchev–Trinajstić information content (AvgIpc) is 3.19. The highest BCUT2D eigenvalue weighted by Crippen LogP contribution is 2.26. The minimum atomic E-state index is -0.497. The van der Waals surface area contributed by atoms with E-state index in [4.69, 9.17) is 44.6 Å². The van der Waals surface area contributed by atoms with Crippen LogP contribution in [0.2, 0.25) is 0 Å². The molecule has 304 valence electrons.